The largest absolute Gasteiger partial charge is 0.456 e. The van der Waals surface area contributed by atoms with Crippen LogP contribution in [-0.4, -0.2) is 24.1 Å². The van der Waals surface area contributed by atoms with Crippen LogP contribution in [0.4, 0.5) is 10.5 Å². The lowest BCUT2D eigenvalue weighted by atomic mass is 10.3. The molecule has 1 aliphatic heterocycles. The van der Waals surface area contributed by atoms with E-state index < -0.39 is 6.09 Å². The fourth-order valence-electron chi connectivity index (χ4n) is 2.39. The Balaban J connectivity index is 1.79. The Morgan fingerprint density at radius 3 is 2.29 bits per heavy atom. The second kappa shape index (κ2) is 7.20. The summed E-state index contributed by atoms with van der Waals surface area (Å²) in [5, 5.41) is 0.565. The van der Waals surface area contributed by atoms with Gasteiger partial charge in [0.2, 0.25) is 0 Å². The van der Waals surface area contributed by atoms with Gasteiger partial charge in [-0.3, -0.25) is 0 Å². The van der Waals surface area contributed by atoms with Crippen molar-refractivity contribution in [3.8, 4) is 17.2 Å². The van der Waals surface area contributed by atoms with Crippen molar-refractivity contribution in [2.45, 2.75) is 12.8 Å². The Labute approximate surface area is 149 Å². The molecule has 2 aromatic carbocycles. The number of carbonyl (C=O) groups is 1. The predicted molar refractivity (Wildman–Crippen MR) is 94.2 cm³/mol. The molecule has 1 amide bonds. The molecule has 3 rings (SSSR count). The van der Waals surface area contributed by atoms with E-state index in [9.17, 15) is 4.79 Å². The van der Waals surface area contributed by atoms with Crippen molar-refractivity contribution >= 4 is 35.0 Å². The first-order valence-corrected chi connectivity index (χ1v) is 8.28. The number of hydrogen-bond donors (Lipinski definition) is 1. The second-order valence-corrected chi connectivity index (χ2v) is 6.26. The van der Waals surface area contributed by atoms with Crippen molar-refractivity contribution in [3.63, 3.8) is 0 Å². The van der Waals surface area contributed by atoms with Crippen molar-refractivity contribution in [3.05, 3.63) is 46.4 Å². The van der Waals surface area contributed by atoms with Gasteiger partial charge in [0.15, 0.2) is 5.75 Å². The van der Waals surface area contributed by atoms with E-state index in [1.807, 2.05) is 0 Å². The monoisotopic (exact) mass is 366 g/mol. The molecule has 126 valence electrons. The number of halogens is 2. The van der Waals surface area contributed by atoms with Crippen molar-refractivity contribution in [2.75, 3.05) is 18.8 Å². The van der Waals surface area contributed by atoms with Gasteiger partial charge < -0.3 is 20.1 Å². The van der Waals surface area contributed by atoms with Crippen LogP contribution in [0.3, 0.4) is 0 Å². The third-order valence-electron chi connectivity index (χ3n) is 3.66. The molecule has 0 spiro atoms. The minimum Gasteiger partial charge on any atom is -0.456 e. The fourth-order valence-corrected chi connectivity index (χ4v) is 2.85. The summed E-state index contributed by atoms with van der Waals surface area (Å²) < 4.78 is 11.1. The lowest BCUT2D eigenvalue weighted by Crippen LogP contribution is -2.30. The number of carbonyl (C=O) groups excluding carboxylic acids is 1. The van der Waals surface area contributed by atoms with Gasteiger partial charge in [0, 0.05) is 24.8 Å². The SMILES string of the molecule is Nc1ccc(Oc2cc(OC(=O)N3CCCC3)c(Cl)cc2Cl)cc1. The molecule has 7 heteroatoms. The molecule has 1 aliphatic rings. The Morgan fingerprint density at radius 2 is 1.62 bits per heavy atom. The summed E-state index contributed by atoms with van der Waals surface area (Å²) in [5.41, 5.74) is 6.28. The molecule has 1 fully saturated rings. The van der Waals surface area contributed by atoms with Gasteiger partial charge in [0.05, 0.1) is 10.0 Å². The molecule has 0 atom stereocenters. The molecule has 0 aliphatic carbocycles. The highest BCUT2D eigenvalue weighted by molar-refractivity contribution is 6.36. The molecule has 24 heavy (non-hydrogen) atoms. The average molecular weight is 367 g/mol. The highest BCUT2D eigenvalue weighted by Gasteiger charge is 2.21. The van der Waals surface area contributed by atoms with Crippen LogP contribution in [0, 0.1) is 0 Å². The van der Waals surface area contributed by atoms with Gasteiger partial charge in [-0.05, 0) is 43.2 Å². The van der Waals surface area contributed by atoms with Gasteiger partial charge in [-0.25, -0.2) is 4.79 Å². The molecule has 0 bridgehead atoms. The number of likely N-dealkylation sites (tertiary alicyclic amines) is 1. The molecule has 0 radical (unpaired) electrons. The molecule has 0 unspecified atom stereocenters. The number of hydrogen-bond acceptors (Lipinski definition) is 4. The number of ether oxygens (including phenoxy) is 2. The Kier molecular flexibility index (Phi) is 5.02. The normalized spacial score (nSPS) is 13.8. The van der Waals surface area contributed by atoms with Crippen LogP contribution in [0.5, 0.6) is 17.2 Å². The number of nitrogens with two attached hydrogens (primary N) is 1. The van der Waals surface area contributed by atoms with Crippen molar-refractivity contribution in [2.24, 2.45) is 0 Å². The van der Waals surface area contributed by atoms with E-state index >= 15 is 0 Å². The van der Waals surface area contributed by atoms with E-state index in [0.717, 1.165) is 12.8 Å². The summed E-state index contributed by atoms with van der Waals surface area (Å²) in [4.78, 5) is 13.8. The Bertz CT molecular complexity index is 744. The van der Waals surface area contributed by atoms with E-state index in [-0.39, 0.29) is 10.8 Å². The van der Waals surface area contributed by atoms with Gasteiger partial charge in [-0.2, -0.15) is 0 Å². The first-order valence-electron chi connectivity index (χ1n) is 7.52. The van der Waals surface area contributed by atoms with E-state index in [2.05, 4.69) is 0 Å². The average Bonchev–Trinajstić information content (AvgIpc) is 3.08. The lowest BCUT2D eigenvalue weighted by Gasteiger charge is -2.16. The summed E-state index contributed by atoms with van der Waals surface area (Å²) >= 11 is 12.3. The second-order valence-electron chi connectivity index (χ2n) is 5.45. The number of benzene rings is 2. The summed E-state index contributed by atoms with van der Waals surface area (Å²) in [6, 6.07) is 9.87. The number of amides is 1. The van der Waals surface area contributed by atoms with E-state index in [4.69, 9.17) is 38.4 Å². The Morgan fingerprint density at radius 1 is 1.00 bits per heavy atom. The Hall–Kier alpha value is -2.11. The van der Waals surface area contributed by atoms with Crippen LogP contribution in [0.25, 0.3) is 0 Å². The third-order valence-corrected chi connectivity index (χ3v) is 4.25. The molecular weight excluding hydrogens is 351 g/mol. The van der Waals surface area contributed by atoms with Crippen molar-refractivity contribution in [1.82, 2.24) is 4.90 Å². The maximum atomic E-state index is 12.1. The molecule has 1 heterocycles. The minimum atomic E-state index is -0.421. The fraction of sp³-hybridized carbons (Fsp3) is 0.235. The van der Waals surface area contributed by atoms with Gasteiger partial charge in [-0.15, -0.1) is 0 Å². The van der Waals surface area contributed by atoms with Crippen LogP contribution in [0.2, 0.25) is 10.0 Å². The van der Waals surface area contributed by atoms with Crippen LogP contribution >= 0.6 is 23.2 Å². The maximum absolute atomic E-state index is 12.1. The number of nitrogen functional groups attached to an aromatic ring is 1. The van der Waals surface area contributed by atoms with E-state index in [1.165, 1.54) is 12.1 Å². The van der Waals surface area contributed by atoms with Crippen LogP contribution in [-0.2, 0) is 0 Å². The molecule has 2 N–H and O–H groups in total. The third kappa shape index (κ3) is 3.86. The van der Waals surface area contributed by atoms with E-state index in [1.54, 1.807) is 29.2 Å². The molecule has 5 nitrogen and oxygen atoms in total. The van der Waals surface area contributed by atoms with Crippen molar-refractivity contribution in [1.29, 1.82) is 0 Å². The number of rotatable bonds is 3. The summed E-state index contributed by atoms with van der Waals surface area (Å²) in [6.45, 7) is 1.39. The van der Waals surface area contributed by atoms with Crippen LogP contribution in [0.1, 0.15) is 12.8 Å². The number of nitrogens with zero attached hydrogens (tertiary/aromatic N) is 1. The van der Waals surface area contributed by atoms with Crippen molar-refractivity contribution < 1.29 is 14.3 Å². The van der Waals surface area contributed by atoms with Gasteiger partial charge in [0.1, 0.15) is 11.5 Å². The minimum absolute atomic E-state index is 0.211. The summed E-state index contributed by atoms with van der Waals surface area (Å²) in [7, 11) is 0. The zero-order valence-corrected chi connectivity index (χ0v) is 14.3. The molecule has 0 aromatic heterocycles. The maximum Gasteiger partial charge on any atom is 0.415 e. The topological polar surface area (TPSA) is 64.8 Å². The smallest absolute Gasteiger partial charge is 0.415 e. The standard InChI is InChI=1S/C17H16Cl2N2O3/c18-13-9-14(19)16(24-17(22)21-7-1-2-8-21)10-15(13)23-12-5-3-11(20)4-6-12/h3-6,9-10H,1-2,7-8,20H2. The van der Waals surface area contributed by atoms with Gasteiger partial charge in [-0.1, -0.05) is 23.2 Å². The summed E-state index contributed by atoms with van der Waals surface area (Å²) in [6.07, 6.45) is 1.54. The zero-order valence-electron chi connectivity index (χ0n) is 12.8. The highest BCUT2D eigenvalue weighted by Crippen LogP contribution is 2.38. The quantitative estimate of drug-likeness (QED) is 0.779. The predicted octanol–water partition coefficient (Wildman–Crippen LogP) is 4.96. The molecule has 1 saturated heterocycles. The molecule has 0 saturated carbocycles. The lowest BCUT2D eigenvalue weighted by molar-refractivity contribution is 0.162. The first kappa shape index (κ1) is 16.7. The first-order chi connectivity index (χ1) is 11.5. The number of anilines is 1. The molecular formula is C17H16Cl2N2O3. The van der Waals surface area contributed by atoms with E-state index in [0.29, 0.717) is 35.3 Å². The summed E-state index contributed by atoms with van der Waals surface area (Å²) in [5.74, 6) is 1.11. The van der Waals surface area contributed by atoms with Crippen LogP contribution in [0.15, 0.2) is 36.4 Å². The van der Waals surface area contributed by atoms with Crippen LogP contribution < -0.4 is 15.2 Å². The highest BCUT2D eigenvalue weighted by atomic mass is 35.5. The van der Waals surface area contributed by atoms with Gasteiger partial charge >= 0.3 is 6.09 Å². The zero-order chi connectivity index (χ0) is 17.1. The molecule has 2 aromatic rings. The van der Waals surface area contributed by atoms with Gasteiger partial charge in [0.25, 0.3) is 0 Å².